The lowest BCUT2D eigenvalue weighted by molar-refractivity contribution is -0.116. The Morgan fingerprint density at radius 2 is 2.09 bits per heavy atom. The molecule has 5 nitrogen and oxygen atoms in total. The number of carbonyl (C=O) groups is 1. The summed E-state index contributed by atoms with van der Waals surface area (Å²) >= 11 is 1.42. The second kappa shape index (κ2) is 7.89. The van der Waals surface area contributed by atoms with Crippen LogP contribution in [0.3, 0.4) is 0 Å². The van der Waals surface area contributed by atoms with Crippen molar-refractivity contribution in [2.24, 2.45) is 0 Å². The van der Waals surface area contributed by atoms with Crippen molar-refractivity contribution < 1.29 is 9.53 Å². The molecule has 1 N–H and O–H groups in total. The number of nitrogens with one attached hydrogen (secondary N) is 1. The van der Waals surface area contributed by atoms with E-state index in [2.05, 4.69) is 29.4 Å². The van der Waals surface area contributed by atoms with Crippen LogP contribution < -0.4 is 10.1 Å². The van der Waals surface area contributed by atoms with E-state index in [9.17, 15) is 4.79 Å². The number of aromatic nitrogens is 2. The highest BCUT2D eigenvalue weighted by Gasteiger charge is 2.11. The number of anilines is 1. The van der Waals surface area contributed by atoms with Gasteiger partial charge in [0.2, 0.25) is 11.0 Å². The minimum absolute atomic E-state index is 0.0576. The Balaban J connectivity index is 1.90. The van der Waals surface area contributed by atoms with E-state index in [0.29, 0.717) is 30.5 Å². The van der Waals surface area contributed by atoms with E-state index in [-0.39, 0.29) is 5.91 Å². The van der Waals surface area contributed by atoms with Gasteiger partial charge in [0.05, 0.1) is 6.61 Å². The molecule has 22 heavy (non-hydrogen) atoms. The fourth-order valence-corrected chi connectivity index (χ4v) is 2.72. The third-order valence-electron chi connectivity index (χ3n) is 3.07. The summed E-state index contributed by atoms with van der Waals surface area (Å²) in [6, 6.07) is 7.80. The number of benzene rings is 1. The Morgan fingerprint density at radius 1 is 1.32 bits per heavy atom. The number of ether oxygens (including phenoxy) is 1. The Bertz CT molecular complexity index is 625. The Kier molecular flexibility index (Phi) is 5.89. The highest BCUT2D eigenvalue weighted by molar-refractivity contribution is 7.15. The van der Waals surface area contributed by atoms with Crippen LogP contribution in [0.5, 0.6) is 5.75 Å². The second-order valence-electron chi connectivity index (χ2n) is 5.19. The van der Waals surface area contributed by atoms with Gasteiger partial charge in [0.1, 0.15) is 10.8 Å². The van der Waals surface area contributed by atoms with Gasteiger partial charge in [-0.3, -0.25) is 4.79 Å². The molecule has 0 fully saturated rings. The number of amides is 1. The van der Waals surface area contributed by atoms with Crippen LogP contribution in [0, 0.1) is 0 Å². The molecule has 0 saturated heterocycles. The van der Waals surface area contributed by atoms with Gasteiger partial charge in [-0.15, -0.1) is 10.2 Å². The third kappa shape index (κ3) is 4.53. The van der Waals surface area contributed by atoms with E-state index in [1.807, 2.05) is 31.2 Å². The van der Waals surface area contributed by atoms with Crippen molar-refractivity contribution in [1.29, 1.82) is 0 Å². The van der Waals surface area contributed by atoms with Crippen LogP contribution in [-0.4, -0.2) is 22.7 Å². The van der Waals surface area contributed by atoms with Crippen molar-refractivity contribution in [1.82, 2.24) is 10.2 Å². The summed E-state index contributed by atoms with van der Waals surface area (Å²) in [6.07, 6.45) is 1.03. The minimum atomic E-state index is -0.0576. The molecule has 0 radical (unpaired) electrons. The Labute approximate surface area is 134 Å². The average molecular weight is 319 g/mol. The number of para-hydroxylation sites is 1. The lowest BCUT2D eigenvalue weighted by Crippen LogP contribution is -2.12. The monoisotopic (exact) mass is 319 g/mol. The van der Waals surface area contributed by atoms with Gasteiger partial charge < -0.3 is 10.1 Å². The second-order valence-corrected chi connectivity index (χ2v) is 6.20. The first-order valence-electron chi connectivity index (χ1n) is 7.44. The average Bonchev–Trinajstić information content (AvgIpc) is 2.95. The number of carbonyl (C=O) groups excluding carboxylic acids is 1. The molecule has 1 aromatic carbocycles. The molecule has 2 rings (SSSR count). The largest absolute Gasteiger partial charge is 0.494 e. The standard InChI is InChI=1S/C16H21N3O2S/c1-4-21-13-8-6-5-7-12(13)9-10-14(20)17-16-19-18-15(22-16)11(2)3/h5-8,11H,4,9-10H2,1-3H3,(H,17,19,20). The van der Waals surface area contributed by atoms with Crippen molar-refractivity contribution >= 4 is 22.4 Å². The number of hydrogen-bond donors (Lipinski definition) is 1. The summed E-state index contributed by atoms with van der Waals surface area (Å²) in [5, 5.41) is 12.3. The molecule has 0 unspecified atom stereocenters. The molecule has 0 spiro atoms. The number of nitrogens with zero attached hydrogens (tertiary/aromatic N) is 2. The predicted molar refractivity (Wildman–Crippen MR) is 88.6 cm³/mol. The van der Waals surface area contributed by atoms with Gasteiger partial charge in [0.25, 0.3) is 0 Å². The maximum atomic E-state index is 12.0. The van der Waals surface area contributed by atoms with Crippen molar-refractivity contribution in [3.05, 3.63) is 34.8 Å². The first-order valence-corrected chi connectivity index (χ1v) is 8.25. The molecule has 2 aromatic rings. The summed E-state index contributed by atoms with van der Waals surface area (Å²) < 4.78 is 5.57. The Morgan fingerprint density at radius 3 is 2.77 bits per heavy atom. The van der Waals surface area contributed by atoms with Crippen LogP contribution in [-0.2, 0) is 11.2 Å². The predicted octanol–water partition coefficient (Wildman–Crippen LogP) is 3.63. The summed E-state index contributed by atoms with van der Waals surface area (Å²) in [6.45, 7) is 6.67. The zero-order valence-corrected chi connectivity index (χ0v) is 13.9. The topological polar surface area (TPSA) is 64.1 Å². The molecule has 1 heterocycles. The molecule has 0 saturated carbocycles. The molecule has 118 valence electrons. The van der Waals surface area contributed by atoms with Crippen molar-refractivity contribution in [2.45, 2.75) is 39.5 Å². The van der Waals surface area contributed by atoms with E-state index in [4.69, 9.17) is 4.74 Å². The first kappa shape index (κ1) is 16.4. The number of aryl methyl sites for hydroxylation is 1. The smallest absolute Gasteiger partial charge is 0.226 e. The first-order chi connectivity index (χ1) is 10.6. The SMILES string of the molecule is CCOc1ccccc1CCC(=O)Nc1nnc(C(C)C)s1. The van der Waals surface area contributed by atoms with Gasteiger partial charge >= 0.3 is 0 Å². The fourth-order valence-electron chi connectivity index (χ4n) is 1.96. The van der Waals surface area contributed by atoms with Crippen molar-refractivity contribution in [2.75, 3.05) is 11.9 Å². The molecular weight excluding hydrogens is 298 g/mol. The minimum Gasteiger partial charge on any atom is -0.494 e. The van der Waals surface area contributed by atoms with Gasteiger partial charge in [-0.1, -0.05) is 43.4 Å². The zero-order valence-electron chi connectivity index (χ0n) is 13.1. The Hall–Kier alpha value is -1.95. The van der Waals surface area contributed by atoms with Crippen LogP contribution >= 0.6 is 11.3 Å². The highest BCUT2D eigenvalue weighted by Crippen LogP contribution is 2.23. The number of hydrogen-bond acceptors (Lipinski definition) is 5. The van der Waals surface area contributed by atoms with Crippen molar-refractivity contribution in [3.63, 3.8) is 0 Å². The van der Waals surface area contributed by atoms with Crippen LogP contribution in [0.1, 0.15) is 43.7 Å². The lowest BCUT2D eigenvalue weighted by atomic mass is 10.1. The zero-order chi connectivity index (χ0) is 15.9. The molecule has 1 amide bonds. The van der Waals surface area contributed by atoms with Gasteiger partial charge in [0, 0.05) is 12.3 Å². The molecule has 0 aliphatic heterocycles. The lowest BCUT2D eigenvalue weighted by Gasteiger charge is -2.09. The van der Waals surface area contributed by atoms with Crippen LogP contribution in [0.2, 0.25) is 0 Å². The molecule has 0 bridgehead atoms. The van der Waals surface area contributed by atoms with Gasteiger partial charge in [-0.05, 0) is 25.0 Å². The van der Waals surface area contributed by atoms with E-state index in [1.165, 1.54) is 11.3 Å². The molecule has 0 atom stereocenters. The van der Waals surface area contributed by atoms with E-state index in [1.54, 1.807) is 0 Å². The van der Waals surface area contributed by atoms with Crippen LogP contribution in [0.15, 0.2) is 24.3 Å². The highest BCUT2D eigenvalue weighted by atomic mass is 32.1. The van der Waals surface area contributed by atoms with Gasteiger partial charge in [0.15, 0.2) is 0 Å². The van der Waals surface area contributed by atoms with E-state index in [0.717, 1.165) is 16.3 Å². The van der Waals surface area contributed by atoms with Crippen LogP contribution in [0.25, 0.3) is 0 Å². The summed E-state index contributed by atoms with van der Waals surface area (Å²) in [7, 11) is 0. The molecule has 0 aliphatic rings. The summed E-state index contributed by atoms with van der Waals surface area (Å²) in [5.74, 6) is 1.11. The van der Waals surface area contributed by atoms with E-state index >= 15 is 0 Å². The summed E-state index contributed by atoms with van der Waals surface area (Å²) in [4.78, 5) is 12.0. The molecular formula is C16H21N3O2S. The van der Waals surface area contributed by atoms with Crippen LogP contribution in [0.4, 0.5) is 5.13 Å². The maximum Gasteiger partial charge on any atom is 0.226 e. The van der Waals surface area contributed by atoms with Crippen molar-refractivity contribution in [3.8, 4) is 5.75 Å². The van der Waals surface area contributed by atoms with Gasteiger partial charge in [-0.2, -0.15) is 0 Å². The summed E-state index contributed by atoms with van der Waals surface area (Å²) in [5.41, 5.74) is 1.04. The van der Waals surface area contributed by atoms with E-state index < -0.39 is 0 Å². The normalized spacial score (nSPS) is 10.7. The molecule has 6 heteroatoms. The van der Waals surface area contributed by atoms with Gasteiger partial charge in [-0.25, -0.2) is 0 Å². The maximum absolute atomic E-state index is 12.0. The number of rotatable bonds is 7. The molecule has 1 aromatic heterocycles. The third-order valence-corrected chi connectivity index (χ3v) is 4.21. The quantitative estimate of drug-likeness (QED) is 0.846. The fraction of sp³-hybridized carbons (Fsp3) is 0.438. The molecule has 0 aliphatic carbocycles.